The van der Waals surface area contributed by atoms with Gasteiger partial charge in [-0.1, -0.05) is 11.6 Å². The maximum atomic E-state index is 6.08. The number of aryl methyl sites for hydroxylation is 2. The third kappa shape index (κ3) is 1.84. The number of pyridine rings is 1. The second kappa shape index (κ2) is 4.24. The Morgan fingerprint density at radius 1 is 1.26 bits per heavy atom. The van der Waals surface area contributed by atoms with E-state index in [1.807, 2.05) is 26.4 Å². The van der Waals surface area contributed by atoms with Crippen LogP contribution in [0.4, 0.5) is 0 Å². The van der Waals surface area contributed by atoms with Crippen molar-refractivity contribution >= 4 is 22.5 Å². The molecular formula is C12H12ClN5O. The molecule has 98 valence electrons. The van der Waals surface area contributed by atoms with E-state index in [4.69, 9.17) is 16.3 Å². The van der Waals surface area contributed by atoms with Gasteiger partial charge < -0.3 is 4.74 Å². The van der Waals surface area contributed by atoms with Crippen LogP contribution < -0.4 is 4.74 Å². The van der Waals surface area contributed by atoms with Gasteiger partial charge in [0.15, 0.2) is 0 Å². The lowest BCUT2D eigenvalue weighted by atomic mass is 10.2. The number of hydrogen-bond donors (Lipinski definition) is 0. The Morgan fingerprint density at radius 2 is 2.05 bits per heavy atom. The first-order chi connectivity index (χ1) is 9.10. The minimum atomic E-state index is 0.402. The van der Waals surface area contributed by atoms with Crippen LogP contribution in [-0.2, 0) is 14.1 Å². The van der Waals surface area contributed by atoms with E-state index in [9.17, 15) is 0 Å². The molecule has 0 saturated carbocycles. The molecular weight excluding hydrogens is 266 g/mol. The van der Waals surface area contributed by atoms with Crippen molar-refractivity contribution in [3.8, 4) is 17.3 Å². The zero-order valence-electron chi connectivity index (χ0n) is 10.8. The molecule has 19 heavy (non-hydrogen) atoms. The van der Waals surface area contributed by atoms with Crippen molar-refractivity contribution in [2.24, 2.45) is 14.1 Å². The van der Waals surface area contributed by atoms with E-state index in [1.165, 1.54) is 0 Å². The quantitative estimate of drug-likeness (QED) is 0.673. The van der Waals surface area contributed by atoms with Crippen molar-refractivity contribution in [1.29, 1.82) is 0 Å². The fraction of sp³-hybridized carbons (Fsp3) is 0.250. The van der Waals surface area contributed by atoms with Gasteiger partial charge in [-0.05, 0) is 6.07 Å². The molecule has 0 aliphatic heterocycles. The predicted octanol–water partition coefficient (Wildman–Crippen LogP) is 2.03. The summed E-state index contributed by atoms with van der Waals surface area (Å²) < 4.78 is 8.74. The molecule has 0 saturated heterocycles. The predicted molar refractivity (Wildman–Crippen MR) is 72.3 cm³/mol. The topological polar surface area (TPSA) is 57.8 Å². The summed E-state index contributed by atoms with van der Waals surface area (Å²) in [6, 6.07) is 3.64. The lowest BCUT2D eigenvalue weighted by Crippen LogP contribution is -1.93. The lowest BCUT2D eigenvalue weighted by Gasteiger charge is -2.02. The van der Waals surface area contributed by atoms with Crippen LogP contribution in [0.2, 0.25) is 5.15 Å². The molecule has 0 atom stereocenters. The maximum Gasteiger partial charge on any atom is 0.242 e. The van der Waals surface area contributed by atoms with Gasteiger partial charge in [0.2, 0.25) is 5.88 Å². The average Bonchev–Trinajstić information content (AvgIpc) is 2.93. The maximum absolute atomic E-state index is 6.08. The lowest BCUT2D eigenvalue weighted by molar-refractivity contribution is 0.396. The van der Waals surface area contributed by atoms with Crippen LogP contribution in [-0.4, -0.2) is 31.7 Å². The molecule has 0 aliphatic carbocycles. The molecule has 0 N–H and O–H groups in total. The summed E-state index contributed by atoms with van der Waals surface area (Å²) in [6.45, 7) is 0. The highest BCUT2D eigenvalue weighted by Crippen LogP contribution is 2.34. The van der Waals surface area contributed by atoms with Gasteiger partial charge in [-0.15, -0.1) is 5.10 Å². The Bertz CT molecular complexity index is 761. The van der Waals surface area contributed by atoms with E-state index in [0.29, 0.717) is 16.7 Å². The molecule has 3 aromatic rings. The molecule has 0 aliphatic rings. The van der Waals surface area contributed by atoms with Crippen LogP contribution in [0.3, 0.4) is 0 Å². The molecule has 3 rings (SSSR count). The molecule has 0 fully saturated rings. The summed E-state index contributed by atoms with van der Waals surface area (Å²) in [5.74, 6) is 0.516. The summed E-state index contributed by atoms with van der Waals surface area (Å²) >= 11 is 6.08. The van der Waals surface area contributed by atoms with Crippen molar-refractivity contribution < 1.29 is 4.74 Å². The SMILES string of the molecule is COc1nn(C)c2cc(Cl)nc(-c3ccn(C)n3)c12. The van der Waals surface area contributed by atoms with Crippen molar-refractivity contribution in [2.45, 2.75) is 0 Å². The molecule has 0 spiro atoms. The molecule has 0 radical (unpaired) electrons. The minimum absolute atomic E-state index is 0.402. The second-order valence-electron chi connectivity index (χ2n) is 4.20. The van der Waals surface area contributed by atoms with Crippen LogP contribution >= 0.6 is 11.6 Å². The number of hydrogen-bond acceptors (Lipinski definition) is 4. The number of aromatic nitrogens is 5. The Balaban J connectivity index is 2.39. The Morgan fingerprint density at radius 3 is 2.68 bits per heavy atom. The first-order valence-corrected chi connectivity index (χ1v) is 6.05. The highest BCUT2D eigenvalue weighted by atomic mass is 35.5. The molecule has 7 heteroatoms. The van der Waals surface area contributed by atoms with Gasteiger partial charge in [-0.3, -0.25) is 9.36 Å². The number of fused-ring (bicyclic) bond motifs is 1. The molecule has 6 nitrogen and oxygen atoms in total. The number of ether oxygens (including phenoxy) is 1. The molecule has 3 aromatic heterocycles. The van der Waals surface area contributed by atoms with Crippen molar-refractivity contribution in [3.63, 3.8) is 0 Å². The van der Waals surface area contributed by atoms with E-state index in [2.05, 4.69) is 15.2 Å². The molecule has 0 unspecified atom stereocenters. The van der Waals surface area contributed by atoms with E-state index in [1.54, 1.807) is 22.5 Å². The summed E-state index contributed by atoms with van der Waals surface area (Å²) in [5, 5.41) is 9.88. The second-order valence-corrected chi connectivity index (χ2v) is 4.58. The van der Waals surface area contributed by atoms with Crippen LogP contribution in [0.1, 0.15) is 0 Å². The van der Waals surface area contributed by atoms with Gasteiger partial charge in [0.05, 0.1) is 18.0 Å². The average molecular weight is 278 g/mol. The highest BCUT2D eigenvalue weighted by molar-refractivity contribution is 6.30. The molecule has 0 bridgehead atoms. The largest absolute Gasteiger partial charge is 0.479 e. The number of rotatable bonds is 2. The Kier molecular flexibility index (Phi) is 2.67. The Labute approximate surface area is 114 Å². The van der Waals surface area contributed by atoms with Gasteiger partial charge in [-0.25, -0.2) is 4.98 Å². The van der Waals surface area contributed by atoms with Gasteiger partial charge >= 0.3 is 0 Å². The molecule has 0 aromatic carbocycles. The van der Waals surface area contributed by atoms with Gasteiger partial charge in [0.1, 0.15) is 16.5 Å². The van der Waals surface area contributed by atoms with Gasteiger partial charge in [0.25, 0.3) is 0 Å². The van der Waals surface area contributed by atoms with Gasteiger partial charge in [-0.2, -0.15) is 5.10 Å². The third-order valence-electron chi connectivity index (χ3n) is 2.92. The number of nitrogens with zero attached hydrogens (tertiary/aromatic N) is 5. The van der Waals surface area contributed by atoms with Crippen LogP contribution in [0, 0.1) is 0 Å². The Hall–Kier alpha value is -2.08. The van der Waals surface area contributed by atoms with E-state index in [-0.39, 0.29) is 0 Å². The summed E-state index contributed by atoms with van der Waals surface area (Å²) in [7, 11) is 5.27. The molecule has 0 amide bonds. The van der Waals surface area contributed by atoms with Gasteiger partial charge in [0, 0.05) is 26.4 Å². The third-order valence-corrected chi connectivity index (χ3v) is 3.11. The zero-order chi connectivity index (χ0) is 13.6. The van der Waals surface area contributed by atoms with Crippen molar-refractivity contribution in [3.05, 3.63) is 23.5 Å². The highest BCUT2D eigenvalue weighted by Gasteiger charge is 2.18. The fourth-order valence-corrected chi connectivity index (χ4v) is 2.26. The first-order valence-electron chi connectivity index (χ1n) is 5.67. The standard InChI is InChI=1S/C12H12ClN5O/c1-17-5-4-7(15-17)11-10-8(6-9(13)14-11)18(2)16-12(10)19-3/h4-6H,1-3H3. The van der Waals surface area contributed by atoms with Crippen molar-refractivity contribution in [1.82, 2.24) is 24.5 Å². The minimum Gasteiger partial charge on any atom is -0.479 e. The van der Waals surface area contributed by atoms with Crippen molar-refractivity contribution in [2.75, 3.05) is 7.11 Å². The van der Waals surface area contributed by atoms with Crippen LogP contribution in [0.25, 0.3) is 22.3 Å². The summed E-state index contributed by atoms with van der Waals surface area (Å²) in [5.41, 5.74) is 2.27. The van der Waals surface area contributed by atoms with Crippen LogP contribution in [0.5, 0.6) is 5.88 Å². The molecule has 3 heterocycles. The monoisotopic (exact) mass is 277 g/mol. The first kappa shape index (κ1) is 12.0. The van der Waals surface area contributed by atoms with E-state index in [0.717, 1.165) is 16.6 Å². The van der Waals surface area contributed by atoms with E-state index >= 15 is 0 Å². The fourth-order valence-electron chi connectivity index (χ4n) is 2.08. The normalized spacial score (nSPS) is 11.2. The summed E-state index contributed by atoms with van der Waals surface area (Å²) in [4.78, 5) is 4.36. The number of methoxy groups -OCH3 is 1. The zero-order valence-corrected chi connectivity index (χ0v) is 11.5. The smallest absolute Gasteiger partial charge is 0.242 e. The summed E-state index contributed by atoms with van der Waals surface area (Å²) in [6.07, 6.45) is 1.85. The van der Waals surface area contributed by atoms with Crippen LogP contribution in [0.15, 0.2) is 18.3 Å². The number of halogens is 1. The van der Waals surface area contributed by atoms with E-state index < -0.39 is 0 Å².